The lowest BCUT2D eigenvalue weighted by atomic mass is 9.85. The first-order chi connectivity index (χ1) is 14.8. The van der Waals surface area contributed by atoms with Crippen LogP contribution in [-0.4, -0.2) is 25.8 Å². The van der Waals surface area contributed by atoms with Crippen molar-refractivity contribution in [2.45, 2.75) is 66.3 Å². The number of aromatic nitrogens is 3. The summed E-state index contributed by atoms with van der Waals surface area (Å²) < 4.78 is 2.77. The molecule has 0 radical (unpaired) electrons. The van der Waals surface area contributed by atoms with E-state index in [1.54, 1.807) is 13.2 Å². The predicted octanol–water partition coefficient (Wildman–Crippen LogP) is 3.83. The van der Waals surface area contributed by atoms with Crippen LogP contribution in [0.3, 0.4) is 0 Å². The fourth-order valence-corrected chi connectivity index (χ4v) is 4.39. The zero-order valence-corrected chi connectivity index (χ0v) is 19.4. The van der Waals surface area contributed by atoms with E-state index in [0.717, 1.165) is 42.5 Å². The Morgan fingerprint density at radius 3 is 2.58 bits per heavy atom. The largest absolute Gasteiger partial charge is 0.396 e. The fraction of sp³-hybridized carbons (Fsp3) is 0.560. The SMILES string of the molecule is CC(C)CCc1c(C2=C(C(C)C)CCC=C2)ncc2c1c(=O)n(CCCO)c(=O)n2C. The van der Waals surface area contributed by atoms with Crippen molar-refractivity contribution in [2.24, 2.45) is 18.9 Å². The highest BCUT2D eigenvalue weighted by Gasteiger charge is 2.22. The van der Waals surface area contributed by atoms with Crippen LogP contribution in [0.1, 0.15) is 64.6 Å². The van der Waals surface area contributed by atoms with Gasteiger partial charge in [0.15, 0.2) is 0 Å². The summed E-state index contributed by atoms with van der Waals surface area (Å²) in [5.74, 6) is 0.879. The second kappa shape index (κ2) is 9.77. The van der Waals surface area contributed by atoms with E-state index >= 15 is 0 Å². The quantitative estimate of drug-likeness (QED) is 0.697. The lowest BCUT2D eigenvalue weighted by Crippen LogP contribution is -2.40. The minimum atomic E-state index is -0.366. The number of hydrogen-bond acceptors (Lipinski definition) is 4. The summed E-state index contributed by atoms with van der Waals surface area (Å²) in [6.07, 6.45) is 10.1. The van der Waals surface area contributed by atoms with Crippen LogP contribution in [-0.2, 0) is 20.0 Å². The van der Waals surface area contributed by atoms with Gasteiger partial charge in [0.1, 0.15) is 0 Å². The van der Waals surface area contributed by atoms with Crippen LogP contribution < -0.4 is 11.2 Å². The molecule has 6 nitrogen and oxygen atoms in total. The molecule has 3 rings (SSSR count). The molecule has 2 heterocycles. The van der Waals surface area contributed by atoms with Gasteiger partial charge in [0.05, 0.1) is 22.8 Å². The van der Waals surface area contributed by atoms with Crippen molar-refractivity contribution in [1.29, 1.82) is 0 Å². The average Bonchev–Trinajstić information content (AvgIpc) is 2.75. The molecule has 0 fully saturated rings. The van der Waals surface area contributed by atoms with Crippen LogP contribution in [0.15, 0.2) is 33.5 Å². The van der Waals surface area contributed by atoms with E-state index in [1.807, 2.05) is 0 Å². The molecule has 0 saturated carbocycles. The highest BCUT2D eigenvalue weighted by Crippen LogP contribution is 2.34. The average molecular weight is 426 g/mol. The number of fused-ring (bicyclic) bond motifs is 1. The van der Waals surface area contributed by atoms with E-state index in [4.69, 9.17) is 4.98 Å². The maximum absolute atomic E-state index is 13.5. The molecule has 0 aromatic carbocycles. The first-order valence-corrected chi connectivity index (χ1v) is 11.4. The minimum absolute atomic E-state index is 0.0646. The standard InChI is InChI=1S/C25H35N3O3/c1-16(2)11-12-20-22-21(27(5)25(31)28(24(22)30)13-8-14-29)15-26-23(20)19-10-7-6-9-18(19)17(3)4/h7,10,15-17,29H,6,8-9,11-14H2,1-5H3. The van der Waals surface area contributed by atoms with Crippen molar-refractivity contribution in [3.05, 3.63) is 56.0 Å². The lowest BCUT2D eigenvalue weighted by molar-refractivity contribution is 0.277. The van der Waals surface area contributed by atoms with Gasteiger partial charge in [-0.15, -0.1) is 0 Å². The number of nitrogens with zero attached hydrogens (tertiary/aromatic N) is 3. The molecule has 0 bridgehead atoms. The van der Waals surface area contributed by atoms with Gasteiger partial charge in [0.25, 0.3) is 5.56 Å². The second-order valence-electron chi connectivity index (χ2n) is 9.19. The molecule has 0 amide bonds. The number of hydrogen-bond donors (Lipinski definition) is 1. The van der Waals surface area contributed by atoms with Crippen molar-refractivity contribution in [3.63, 3.8) is 0 Å². The van der Waals surface area contributed by atoms with E-state index in [2.05, 4.69) is 39.8 Å². The molecule has 0 atom stereocenters. The Bertz CT molecular complexity index is 1130. The van der Waals surface area contributed by atoms with Gasteiger partial charge in [-0.05, 0) is 55.1 Å². The van der Waals surface area contributed by atoms with Crippen LogP contribution in [0.2, 0.25) is 0 Å². The Labute approximate surface area is 183 Å². The monoisotopic (exact) mass is 425 g/mol. The molecule has 0 spiro atoms. The van der Waals surface area contributed by atoms with E-state index < -0.39 is 0 Å². The number of aliphatic hydroxyl groups excluding tert-OH is 1. The van der Waals surface area contributed by atoms with Crippen LogP contribution in [0, 0.1) is 11.8 Å². The van der Waals surface area contributed by atoms with Crippen molar-refractivity contribution < 1.29 is 5.11 Å². The van der Waals surface area contributed by atoms with Crippen molar-refractivity contribution in [1.82, 2.24) is 14.1 Å². The van der Waals surface area contributed by atoms with Crippen LogP contribution in [0.4, 0.5) is 0 Å². The summed E-state index contributed by atoms with van der Waals surface area (Å²) in [4.78, 5) is 31.2. The van der Waals surface area contributed by atoms with Crippen molar-refractivity contribution in [2.75, 3.05) is 6.61 Å². The predicted molar refractivity (Wildman–Crippen MR) is 126 cm³/mol. The first-order valence-electron chi connectivity index (χ1n) is 11.4. The Kier molecular flexibility index (Phi) is 7.31. The summed E-state index contributed by atoms with van der Waals surface area (Å²) in [5, 5.41) is 9.82. The molecular weight excluding hydrogens is 390 g/mol. The highest BCUT2D eigenvalue weighted by atomic mass is 16.3. The van der Waals surface area contributed by atoms with Crippen LogP contribution in [0.5, 0.6) is 0 Å². The molecule has 0 saturated heterocycles. The molecule has 1 N–H and O–H groups in total. The van der Waals surface area contributed by atoms with Crippen molar-refractivity contribution >= 4 is 16.5 Å². The van der Waals surface area contributed by atoms with E-state index in [9.17, 15) is 14.7 Å². The van der Waals surface area contributed by atoms with Crippen molar-refractivity contribution in [3.8, 4) is 0 Å². The zero-order valence-electron chi connectivity index (χ0n) is 19.4. The van der Waals surface area contributed by atoms with E-state index in [1.165, 1.54) is 14.7 Å². The Hall–Kier alpha value is -2.47. The number of aryl methyl sites for hydroxylation is 2. The number of allylic oxidation sites excluding steroid dienone is 4. The molecule has 0 aliphatic heterocycles. The molecule has 2 aromatic heterocycles. The first kappa shape index (κ1) is 23.2. The summed E-state index contributed by atoms with van der Waals surface area (Å²) in [6, 6.07) is 0. The smallest absolute Gasteiger partial charge is 0.331 e. The summed E-state index contributed by atoms with van der Waals surface area (Å²) in [5.41, 5.74) is 4.23. The Balaban J connectivity index is 2.39. The number of pyridine rings is 1. The zero-order chi connectivity index (χ0) is 22.7. The van der Waals surface area contributed by atoms with Crippen LogP contribution in [0.25, 0.3) is 16.5 Å². The summed E-state index contributed by atoms with van der Waals surface area (Å²) >= 11 is 0. The highest BCUT2D eigenvalue weighted by molar-refractivity contribution is 5.88. The lowest BCUT2D eigenvalue weighted by Gasteiger charge is -2.22. The molecule has 6 heteroatoms. The van der Waals surface area contributed by atoms with Crippen LogP contribution >= 0.6 is 0 Å². The molecule has 0 unspecified atom stereocenters. The normalized spacial score (nSPS) is 14.5. The number of rotatable bonds is 8. The van der Waals surface area contributed by atoms with Gasteiger partial charge in [-0.25, -0.2) is 4.79 Å². The second-order valence-corrected chi connectivity index (χ2v) is 9.19. The molecule has 2 aromatic rings. The van der Waals surface area contributed by atoms with E-state index in [-0.39, 0.29) is 24.4 Å². The third kappa shape index (κ3) is 4.59. The maximum atomic E-state index is 13.5. The molecule has 168 valence electrons. The van der Waals surface area contributed by atoms with Gasteiger partial charge in [0, 0.05) is 20.2 Å². The van der Waals surface area contributed by atoms with E-state index in [0.29, 0.717) is 29.2 Å². The van der Waals surface area contributed by atoms with Gasteiger partial charge in [-0.1, -0.05) is 45.4 Å². The Morgan fingerprint density at radius 2 is 1.94 bits per heavy atom. The third-order valence-electron chi connectivity index (χ3n) is 6.17. The third-order valence-corrected chi connectivity index (χ3v) is 6.17. The van der Waals surface area contributed by atoms with Gasteiger partial charge in [-0.3, -0.25) is 18.9 Å². The van der Waals surface area contributed by atoms with Gasteiger partial charge >= 0.3 is 5.69 Å². The Morgan fingerprint density at radius 1 is 1.19 bits per heavy atom. The summed E-state index contributed by atoms with van der Waals surface area (Å²) in [6.45, 7) is 8.90. The molecular formula is C25H35N3O3. The maximum Gasteiger partial charge on any atom is 0.331 e. The topological polar surface area (TPSA) is 77.1 Å². The van der Waals surface area contributed by atoms with Gasteiger partial charge in [0.2, 0.25) is 0 Å². The fourth-order valence-electron chi connectivity index (χ4n) is 4.39. The number of aliphatic hydroxyl groups is 1. The molecule has 1 aliphatic rings. The molecule has 1 aliphatic carbocycles. The van der Waals surface area contributed by atoms with Gasteiger partial charge < -0.3 is 5.11 Å². The minimum Gasteiger partial charge on any atom is -0.396 e. The molecule has 31 heavy (non-hydrogen) atoms. The van der Waals surface area contributed by atoms with Gasteiger partial charge in [-0.2, -0.15) is 0 Å². The summed E-state index contributed by atoms with van der Waals surface area (Å²) in [7, 11) is 1.69.